The first-order chi connectivity index (χ1) is 22.7. The van der Waals surface area contributed by atoms with Crippen LogP contribution in [0.5, 0.6) is 0 Å². The molecule has 0 aromatic carbocycles. The summed E-state index contributed by atoms with van der Waals surface area (Å²) in [5.41, 5.74) is 12.3. The normalized spacial score (nSPS) is 43.6. The molecule has 12 atom stereocenters. The van der Waals surface area contributed by atoms with Crippen LogP contribution in [0.2, 0.25) is 0 Å². The Morgan fingerprint density at radius 2 is 1.82 bits per heavy atom. The number of aliphatic hydroxyl groups excluding tert-OH is 1. The van der Waals surface area contributed by atoms with Crippen LogP contribution in [0.25, 0.3) is 0 Å². The maximum Gasteiger partial charge on any atom is 0.307 e. The van der Waals surface area contributed by atoms with Gasteiger partial charge in [0.2, 0.25) is 5.95 Å². The number of carboxylic acids is 1. The molecule has 0 amide bonds. The molecule has 1 saturated heterocycles. The number of ether oxygens (including phenoxy) is 2. The Balaban J connectivity index is 1.53. The van der Waals surface area contributed by atoms with Gasteiger partial charge in [-0.05, 0) is 96.7 Å². The summed E-state index contributed by atoms with van der Waals surface area (Å²) in [4.78, 5) is 17.9. The van der Waals surface area contributed by atoms with Crippen molar-refractivity contribution in [2.75, 3.05) is 25.6 Å². The Bertz CT molecular complexity index is 1470. The summed E-state index contributed by atoms with van der Waals surface area (Å²) in [5.74, 6) is 0.815. The number of carbonyl (C=O) groups is 1. The Labute approximate surface area is 294 Å². The molecule has 10 nitrogen and oxygen atoms in total. The van der Waals surface area contributed by atoms with Crippen LogP contribution in [-0.4, -0.2) is 62.4 Å². The Hall–Kier alpha value is -2.01. The van der Waals surface area contributed by atoms with Gasteiger partial charge in [0, 0.05) is 11.0 Å². The van der Waals surface area contributed by atoms with Gasteiger partial charge in [0.25, 0.3) is 0 Å². The number of aliphatic hydroxyl groups is 1. The highest BCUT2D eigenvalue weighted by Crippen LogP contribution is 2.75. The highest BCUT2D eigenvalue weighted by molar-refractivity contribution is 5.73. The number of aromatic nitrogens is 3. The van der Waals surface area contributed by atoms with Gasteiger partial charge in [-0.3, -0.25) is 4.79 Å². The van der Waals surface area contributed by atoms with Crippen LogP contribution in [0.3, 0.4) is 0 Å². The first kappa shape index (κ1) is 36.8. The van der Waals surface area contributed by atoms with E-state index in [1.54, 1.807) is 0 Å². The van der Waals surface area contributed by atoms with Crippen LogP contribution < -0.4 is 11.5 Å². The molecule has 0 radical (unpaired) electrons. The fourth-order valence-electron chi connectivity index (χ4n) is 12.3. The highest BCUT2D eigenvalue weighted by atomic mass is 16.5. The first-order valence-corrected chi connectivity index (χ1v) is 19.0. The second kappa shape index (κ2) is 12.0. The van der Waals surface area contributed by atoms with Crippen molar-refractivity contribution in [3.8, 4) is 0 Å². The summed E-state index contributed by atoms with van der Waals surface area (Å²) in [6.07, 6.45) is 7.47. The third kappa shape index (κ3) is 5.11. The molecule has 10 heteroatoms. The van der Waals surface area contributed by atoms with Crippen LogP contribution in [0, 0.1) is 62.6 Å². The highest BCUT2D eigenvalue weighted by Gasteiger charge is 2.72. The van der Waals surface area contributed by atoms with E-state index in [1.807, 2.05) is 4.68 Å². The Kier molecular flexibility index (Phi) is 9.02. The summed E-state index contributed by atoms with van der Waals surface area (Å²) < 4.78 is 15.7. The number of fused-ring (bicyclic) bond motifs is 3. The first-order valence-electron chi connectivity index (χ1n) is 19.0. The van der Waals surface area contributed by atoms with Gasteiger partial charge in [0.15, 0.2) is 5.82 Å². The molecule has 2 heterocycles. The smallest absolute Gasteiger partial charge is 0.307 e. The van der Waals surface area contributed by atoms with Crippen LogP contribution >= 0.6 is 0 Å². The number of carboxylic acid groups (broad SMARTS) is 1. The standard InChI is InChI=1S/C39H65N5O5/c1-22(2)24(5)35(7)15-16-36(8)25-11-12-28-34(6)17-27(44-29(18-45)42-33(40)43-44)31(49-20-38(10,41)23(3)4)39(28,21-48-19-34)26(25)13-14-37(36,9)30(35)32(46)47/h13,22-25,27-28,30-31,45H,11-12,14-21,41H2,1-10H3,(H2,40,43)(H,46,47)/t24-,25+,27-,28-,30-,31+,34-,35-,36-,37+,38+,39+/m1/s1. The van der Waals surface area contributed by atoms with E-state index >= 15 is 0 Å². The lowest BCUT2D eigenvalue weighted by molar-refractivity contribution is -0.254. The van der Waals surface area contributed by atoms with Crippen LogP contribution in [0.1, 0.15) is 120 Å². The largest absolute Gasteiger partial charge is 0.481 e. The SMILES string of the molecule is CC(C)[C@@H](C)[C@@]1(C)CC[C@]2(C)[C@H]3CC[C@@H]4[C@@]5(C)COC[C@@]4(C3=CC[C@@]2(C)[C@@H]1C(=O)O)[C@@H](OC[C@](C)(N)C(C)C)[C@H](n1nc(N)nc1CO)C5. The molecule has 1 aromatic heterocycles. The van der Waals surface area contributed by atoms with Gasteiger partial charge in [-0.25, -0.2) is 4.68 Å². The van der Waals surface area contributed by atoms with Gasteiger partial charge in [-0.2, -0.15) is 4.98 Å². The summed E-state index contributed by atoms with van der Waals surface area (Å²) in [6.45, 7) is 23.6. The van der Waals surface area contributed by atoms with Gasteiger partial charge < -0.3 is 31.2 Å². The minimum atomic E-state index is -0.657. The van der Waals surface area contributed by atoms with E-state index in [1.165, 1.54) is 5.57 Å². The number of rotatable bonds is 9. The summed E-state index contributed by atoms with van der Waals surface area (Å²) in [7, 11) is 0. The minimum Gasteiger partial charge on any atom is -0.481 e. The number of hydrogen-bond acceptors (Lipinski definition) is 8. The van der Waals surface area contributed by atoms with Crippen molar-refractivity contribution in [2.45, 2.75) is 132 Å². The maximum absolute atomic E-state index is 13.5. The molecule has 276 valence electrons. The number of nitrogens with two attached hydrogens (primary N) is 2. The van der Waals surface area contributed by atoms with Crippen molar-refractivity contribution in [3.63, 3.8) is 0 Å². The average Bonchev–Trinajstić information content (AvgIpc) is 3.40. The van der Waals surface area contributed by atoms with Crippen molar-refractivity contribution < 1.29 is 24.5 Å². The number of nitrogen functional groups attached to an aromatic ring is 1. The maximum atomic E-state index is 13.5. The molecule has 1 aromatic rings. The van der Waals surface area contributed by atoms with Crippen molar-refractivity contribution >= 4 is 11.9 Å². The van der Waals surface area contributed by atoms with E-state index in [2.05, 4.69) is 85.4 Å². The summed E-state index contributed by atoms with van der Waals surface area (Å²) in [6, 6.07) is -0.242. The topological polar surface area (TPSA) is 159 Å². The zero-order valence-electron chi connectivity index (χ0n) is 31.9. The average molecular weight is 684 g/mol. The quantitative estimate of drug-likeness (QED) is 0.221. The van der Waals surface area contributed by atoms with Crippen LogP contribution in [-0.2, 0) is 20.9 Å². The van der Waals surface area contributed by atoms with E-state index in [9.17, 15) is 15.0 Å². The van der Waals surface area contributed by atoms with Crippen molar-refractivity contribution in [3.05, 3.63) is 17.5 Å². The number of nitrogens with zero attached hydrogens (tertiary/aromatic N) is 3. The molecule has 3 saturated carbocycles. The van der Waals surface area contributed by atoms with Crippen LogP contribution in [0.4, 0.5) is 5.95 Å². The molecule has 4 fully saturated rings. The third-order valence-corrected chi connectivity index (χ3v) is 16.1. The number of hydrogen-bond donors (Lipinski definition) is 4. The molecule has 4 aliphatic carbocycles. The number of allylic oxidation sites excluding steroid dienone is 1. The summed E-state index contributed by atoms with van der Waals surface area (Å²) >= 11 is 0. The van der Waals surface area contributed by atoms with Crippen molar-refractivity contribution in [1.82, 2.24) is 14.8 Å². The lowest BCUT2D eigenvalue weighted by Crippen LogP contribution is -2.70. The fraction of sp³-hybridized carbons (Fsp3) is 0.872. The molecular formula is C39H65N5O5. The fourth-order valence-corrected chi connectivity index (χ4v) is 12.3. The molecule has 0 spiro atoms. The monoisotopic (exact) mass is 683 g/mol. The predicted molar refractivity (Wildman–Crippen MR) is 190 cm³/mol. The van der Waals surface area contributed by atoms with Gasteiger partial charge >= 0.3 is 5.97 Å². The molecule has 2 bridgehead atoms. The Morgan fingerprint density at radius 3 is 2.43 bits per heavy atom. The van der Waals surface area contributed by atoms with Gasteiger partial charge in [-0.15, -0.1) is 5.10 Å². The van der Waals surface area contributed by atoms with Crippen LogP contribution in [0.15, 0.2) is 11.6 Å². The predicted octanol–water partition coefficient (Wildman–Crippen LogP) is 6.24. The lowest BCUT2D eigenvalue weighted by Gasteiger charge is -2.71. The molecule has 0 unspecified atom stereocenters. The molecular weight excluding hydrogens is 618 g/mol. The molecule has 5 aliphatic rings. The molecule has 49 heavy (non-hydrogen) atoms. The van der Waals surface area contributed by atoms with E-state index in [4.69, 9.17) is 20.9 Å². The minimum absolute atomic E-state index is 0.141. The van der Waals surface area contributed by atoms with E-state index < -0.39 is 28.3 Å². The Morgan fingerprint density at radius 1 is 1.12 bits per heavy atom. The van der Waals surface area contributed by atoms with E-state index in [0.717, 1.165) is 32.1 Å². The number of anilines is 1. The van der Waals surface area contributed by atoms with E-state index in [0.29, 0.717) is 43.9 Å². The van der Waals surface area contributed by atoms with E-state index in [-0.39, 0.29) is 58.7 Å². The number of aliphatic carboxylic acids is 1. The second-order valence-corrected chi connectivity index (χ2v) is 19.0. The zero-order valence-corrected chi connectivity index (χ0v) is 31.9. The van der Waals surface area contributed by atoms with Gasteiger partial charge in [0.1, 0.15) is 6.61 Å². The lowest BCUT2D eigenvalue weighted by atomic mass is 9.34. The van der Waals surface area contributed by atoms with Gasteiger partial charge in [-0.1, -0.05) is 74.0 Å². The van der Waals surface area contributed by atoms with Gasteiger partial charge in [0.05, 0.1) is 37.9 Å². The van der Waals surface area contributed by atoms with Crippen molar-refractivity contribution in [1.29, 1.82) is 0 Å². The summed E-state index contributed by atoms with van der Waals surface area (Å²) in [5, 5.41) is 26.2. The van der Waals surface area contributed by atoms with Crippen molar-refractivity contribution in [2.24, 2.45) is 68.3 Å². The zero-order chi connectivity index (χ0) is 36.1. The molecule has 1 aliphatic heterocycles. The molecule has 6 N–H and O–H groups in total. The third-order valence-electron chi connectivity index (χ3n) is 16.1. The second-order valence-electron chi connectivity index (χ2n) is 19.0. The molecule has 6 rings (SSSR count).